The van der Waals surface area contributed by atoms with Crippen molar-refractivity contribution in [3.8, 4) is 0 Å². The quantitative estimate of drug-likeness (QED) is 0.861. The lowest BCUT2D eigenvalue weighted by atomic mass is 10.1. The first-order chi connectivity index (χ1) is 11.6. The van der Waals surface area contributed by atoms with Crippen LogP contribution in [0.2, 0.25) is 0 Å². The number of thiophene rings is 1. The second-order valence-electron chi connectivity index (χ2n) is 5.83. The molecule has 7 heteroatoms. The molecule has 0 aromatic carbocycles. The smallest absolute Gasteiger partial charge is 0.267 e. The molecule has 1 atom stereocenters. The number of ether oxygens (including phenoxy) is 1. The van der Waals surface area contributed by atoms with Gasteiger partial charge in [0.2, 0.25) is 5.56 Å². The summed E-state index contributed by atoms with van der Waals surface area (Å²) in [6.07, 6.45) is 0. The lowest BCUT2D eigenvalue weighted by molar-refractivity contribution is 0.0169. The fraction of sp³-hybridized carbons (Fsp3) is 0.412. The summed E-state index contributed by atoms with van der Waals surface area (Å²) in [5.41, 5.74) is 0.807. The van der Waals surface area contributed by atoms with E-state index in [1.165, 1.54) is 10.9 Å². The minimum Gasteiger partial charge on any atom is -0.379 e. The van der Waals surface area contributed by atoms with Crippen LogP contribution in [-0.2, 0) is 4.74 Å². The Morgan fingerprint density at radius 1 is 1.42 bits per heavy atom. The van der Waals surface area contributed by atoms with E-state index in [4.69, 9.17) is 4.74 Å². The number of carbonyl (C=O) groups excluding carboxylic acids is 1. The summed E-state index contributed by atoms with van der Waals surface area (Å²) in [6, 6.07) is 7.39. The van der Waals surface area contributed by atoms with Gasteiger partial charge in [-0.1, -0.05) is 6.07 Å². The Hall–Kier alpha value is -1.96. The van der Waals surface area contributed by atoms with E-state index in [9.17, 15) is 9.59 Å². The number of carbonyl (C=O) groups is 1. The molecule has 0 saturated carbocycles. The number of rotatable bonds is 5. The highest BCUT2D eigenvalue weighted by Crippen LogP contribution is 2.25. The van der Waals surface area contributed by atoms with Gasteiger partial charge in [-0.3, -0.25) is 14.5 Å². The van der Waals surface area contributed by atoms with Crippen LogP contribution in [0.15, 0.2) is 34.4 Å². The summed E-state index contributed by atoms with van der Waals surface area (Å²) < 4.78 is 5.42. The number of amides is 1. The van der Waals surface area contributed by atoms with Crippen LogP contribution in [0.5, 0.6) is 0 Å². The Labute approximate surface area is 144 Å². The van der Waals surface area contributed by atoms with Crippen LogP contribution in [0, 0.1) is 6.92 Å². The van der Waals surface area contributed by atoms with Gasteiger partial charge in [-0.15, -0.1) is 11.3 Å². The fourth-order valence-corrected chi connectivity index (χ4v) is 3.73. The van der Waals surface area contributed by atoms with Gasteiger partial charge in [0.05, 0.1) is 19.3 Å². The summed E-state index contributed by atoms with van der Waals surface area (Å²) in [7, 11) is 0. The standard InChI is InChI=1S/C17H21N3O3S/c1-12-9-13(19-16(21)10-12)17(22)18-11-14(15-3-2-8-24-15)20-4-6-23-7-5-20/h2-3,8-10,14H,4-7,11H2,1H3,(H,18,22)(H,19,21). The third-order valence-electron chi connectivity index (χ3n) is 4.05. The monoisotopic (exact) mass is 347 g/mol. The van der Waals surface area contributed by atoms with Crippen molar-refractivity contribution < 1.29 is 9.53 Å². The highest BCUT2D eigenvalue weighted by atomic mass is 32.1. The number of aryl methyl sites for hydroxylation is 1. The van der Waals surface area contributed by atoms with Gasteiger partial charge in [-0.05, 0) is 30.0 Å². The van der Waals surface area contributed by atoms with Crippen LogP contribution in [-0.4, -0.2) is 48.6 Å². The lowest BCUT2D eigenvalue weighted by Crippen LogP contribution is -2.43. The largest absolute Gasteiger partial charge is 0.379 e. The number of pyridine rings is 1. The van der Waals surface area contributed by atoms with E-state index in [1.807, 2.05) is 11.4 Å². The lowest BCUT2D eigenvalue weighted by Gasteiger charge is -2.34. The van der Waals surface area contributed by atoms with E-state index in [0.717, 1.165) is 18.7 Å². The number of H-pyrrole nitrogens is 1. The topological polar surface area (TPSA) is 74.4 Å². The van der Waals surface area contributed by atoms with Crippen LogP contribution in [0.3, 0.4) is 0 Å². The van der Waals surface area contributed by atoms with Crippen molar-refractivity contribution in [2.24, 2.45) is 0 Å². The Bertz CT molecular complexity index is 736. The molecule has 0 radical (unpaired) electrons. The van der Waals surface area contributed by atoms with Gasteiger partial charge in [0.15, 0.2) is 0 Å². The molecule has 1 saturated heterocycles. The molecule has 0 aliphatic carbocycles. The van der Waals surface area contributed by atoms with Crippen LogP contribution >= 0.6 is 11.3 Å². The Morgan fingerprint density at radius 3 is 2.88 bits per heavy atom. The Morgan fingerprint density at radius 2 is 2.21 bits per heavy atom. The maximum Gasteiger partial charge on any atom is 0.267 e. The van der Waals surface area contributed by atoms with Crippen LogP contribution < -0.4 is 10.9 Å². The van der Waals surface area contributed by atoms with Gasteiger partial charge in [-0.25, -0.2) is 0 Å². The van der Waals surface area contributed by atoms with Crippen molar-refractivity contribution in [3.05, 3.63) is 56.1 Å². The molecule has 1 fully saturated rings. The third-order valence-corrected chi connectivity index (χ3v) is 5.02. The normalized spacial score (nSPS) is 16.7. The Balaban J connectivity index is 1.71. The minimum absolute atomic E-state index is 0.120. The number of aromatic nitrogens is 1. The molecule has 3 rings (SSSR count). The van der Waals surface area contributed by atoms with Crippen LogP contribution in [0.4, 0.5) is 0 Å². The molecule has 2 aromatic heterocycles. The molecule has 1 aliphatic rings. The maximum atomic E-state index is 12.4. The first kappa shape index (κ1) is 16.9. The van der Waals surface area contributed by atoms with Gasteiger partial charge in [0, 0.05) is 30.6 Å². The molecule has 0 bridgehead atoms. The predicted molar refractivity (Wildman–Crippen MR) is 93.6 cm³/mol. The van der Waals surface area contributed by atoms with Crippen molar-refractivity contribution in [2.75, 3.05) is 32.8 Å². The molecule has 1 unspecified atom stereocenters. The second kappa shape index (κ2) is 7.74. The average Bonchev–Trinajstić information content (AvgIpc) is 3.09. The Kier molecular flexibility index (Phi) is 5.44. The number of morpholine rings is 1. The zero-order valence-corrected chi connectivity index (χ0v) is 14.4. The van der Waals surface area contributed by atoms with E-state index >= 15 is 0 Å². The molecule has 24 heavy (non-hydrogen) atoms. The first-order valence-electron chi connectivity index (χ1n) is 7.98. The predicted octanol–water partition coefficient (Wildman–Crippen LogP) is 1.55. The SMILES string of the molecule is Cc1cc(C(=O)NCC(c2cccs2)N2CCOCC2)[nH]c(=O)c1. The zero-order chi connectivity index (χ0) is 16.9. The van der Waals surface area contributed by atoms with Gasteiger partial charge in [-0.2, -0.15) is 0 Å². The molecule has 0 spiro atoms. The van der Waals surface area contributed by atoms with E-state index < -0.39 is 0 Å². The summed E-state index contributed by atoms with van der Waals surface area (Å²) in [4.78, 5) is 30.0. The molecule has 2 aromatic rings. The van der Waals surface area contributed by atoms with Crippen molar-refractivity contribution in [1.82, 2.24) is 15.2 Å². The minimum atomic E-state index is -0.261. The molecule has 1 amide bonds. The molecular formula is C17H21N3O3S. The third kappa shape index (κ3) is 4.11. The van der Waals surface area contributed by atoms with Crippen molar-refractivity contribution in [2.45, 2.75) is 13.0 Å². The van der Waals surface area contributed by atoms with Gasteiger partial charge >= 0.3 is 0 Å². The van der Waals surface area contributed by atoms with Gasteiger partial charge in [0.1, 0.15) is 5.69 Å². The van der Waals surface area contributed by atoms with E-state index in [1.54, 1.807) is 24.3 Å². The summed E-state index contributed by atoms with van der Waals surface area (Å²) in [6.45, 7) is 5.41. The molecule has 128 valence electrons. The number of hydrogen-bond acceptors (Lipinski definition) is 5. The number of nitrogens with zero attached hydrogens (tertiary/aromatic N) is 1. The number of aromatic amines is 1. The van der Waals surface area contributed by atoms with E-state index in [0.29, 0.717) is 25.5 Å². The van der Waals surface area contributed by atoms with Gasteiger partial charge < -0.3 is 15.0 Å². The number of nitrogens with one attached hydrogen (secondary N) is 2. The van der Waals surface area contributed by atoms with Crippen molar-refractivity contribution in [3.63, 3.8) is 0 Å². The molecule has 6 nitrogen and oxygen atoms in total. The zero-order valence-electron chi connectivity index (χ0n) is 13.6. The van der Waals surface area contributed by atoms with Gasteiger partial charge in [0.25, 0.3) is 5.91 Å². The van der Waals surface area contributed by atoms with E-state index in [2.05, 4.69) is 21.3 Å². The van der Waals surface area contributed by atoms with Crippen LogP contribution in [0.25, 0.3) is 0 Å². The summed E-state index contributed by atoms with van der Waals surface area (Å²) in [5.74, 6) is -0.259. The van der Waals surface area contributed by atoms with E-state index in [-0.39, 0.29) is 17.5 Å². The summed E-state index contributed by atoms with van der Waals surface area (Å²) in [5, 5.41) is 5.00. The average molecular weight is 347 g/mol. The maximum absolute atomic E-state index is 12.4. The molecule has 3 heterocycles. The molecule has 2 N–H and O–H groups in total. The number of hydrogen-bond donors (Lipinski definition) is 2. The first-order valence-corrected chi connectivity index (χ1v) is 8.86. The summed E-state index contributed by atoms with van der Waals surface area (Å²) >= 11 is 1.69. The highest BCUT2D eigenvalue weighted by Gasteiger charge is 2.24. The van der Waals surface area contributed by atoms with Crippen molar-refractivity contribution in [1.29, 1.82) is 0 Å². The van der Waals surface area contributed by atoms with Crippen LogP contribution in [0.1, 0.15) is 27.0 Å². The fourth-order valence-electron chi connectivity index (χ4n) is 2.87. The molecule has 1 aliphatic heterocycles. The second-order valence-corrected chi connectivity index (χ2v) is 6.80. The van der Waals surface area contributed by atoms with Crippen molar-refractivity contribution >= 4 is 17.2 Å². The molecular weight excluding hydrogens is 326 g/mol. The highest BCUT2D eigenvalue weighted by molar-refractivity contribution is 7.10.